The zero-order valence-electron chi connectivity index (χ0n) is 36.1. The van der Waals surface area contributed by atoms with Crippen LogP contribution in [0.15, 0.2) is 72.8 Å². The third-order valence-corrected chi connectivity index (χ3v) is 9.92. The Labute approximate surface area is 355 Å². The van der Waals surface area contributed by atoms with E-state index in [1.54, 1.807) is 72.8 Å². The van der Waals surface area contributed by atoms with Crippen LogP contribution in [0.4, 0.5) is 0 Å². The van der Waals surface area contributed by atoms with Crippen LogP contribution in [0.5, 0.6) is 17.2 Å². The van der Waals surface area contributed by atoms with E-state index in [-0.39, 0.29) is 17.8 Å². The maximum Gasteiger partial charge on any atom is 0.338 e. The monoisotopic (exact) mass is 810 g/mol. The lowest BCUT2D eigenvalue weighted by Crippen LogP contribution is -2.11. The number of carbonyl (C=O) groups excluding carboxylic acids is 3. The molecule has 60 heavy (non-hydrogen) atoms. The van der Waals surface area contributed by atoms with Crippen LogP contribution < -0.4 is 14.2 Å². The molecule has 0 aliphatic rings. The maximum absolute atomic E-state index is 12.6. The van der Waals surface area contributed by atoms with E-state index in [9.17, 15) is 14.4 Å². The van der Waals surface area contributed by atoms with Crippen molar-refractivity contribution < 1.29 is 42.8 Å². The third-order valence-electron chi connectivity index (χ3n) is 9.92. The van der Waals surface area contributed by atoms with E-state index in [0.29, 0.717) is 87.1 Å². The molecule has 4 aromatic carbocycles. The minimum Gasteiger partial charge on any atom is -0.494 e. The number of ether oxygens (including phenoxy) is 6. The van der Waals surface area contributed by atoms with Crippen LogP contribution >= 0.6 is 0 Å². The molecule has 0 heterocycles. The summed E-state index contributed by atoms with van der Waals surface area (Å²) >= 11 is 0. The molecule has 9 heteroatoms. The second kappa shape index (κ2) is 23.1. The number of rotatable bonds is 15. The van der Waals surface area contributed by atoms with E-state index in [4.69, 9.17) is 28.4 Å². The molecule has 0 saturated carbocycles. The van der Waals surface area contributed by atoms with Gasteiger partial charge in [0.25, 0.3) is 0 Å². The number of benzene rings is 4. The molecule has 0 aliphatic carbocycles. The average molecular weight is 811 g/mol. The van der Waals surface area contributed by atoms with Crippen LogP contribution in [-0.2, 0) is 14.2 Å². The number of hydrogen-bond donors (Lipinski definition) is 0. The van der Waals surface area contributed by atoms with Crippen molar-refractivity contribution in [2.45, 2.75) is 60.8 Å². The summed E-state index contributed by atoms with van der Waals surface area (Å²) in [5, 5.41) is 0. The van der Waals surface area contributed by atoms with Gasteiger partial charge in [0.1, 0.15) is 16.7 Å². The topological polar surface area (TPSA) is 107 Å². The molecule has 0 aliphatic heterocycles. The fourth-order valence-corrected chi connectivity index (χ4v) is 5.37. The van der Waals surface area contributed by atoms with Crippen LogP contribution in [-0.4, -0.2) is 59.1 Å². The Morgan fingerprint density at radius 2 is 0.650 bits per heavy atom. The van der Waals surface area contributed by atoms with Gasteiger partial charge in [-0.1, -0.05) is 96.3 Å². The van der Waals surface area contributed by atoms with Crippen molar-refractivity contribution in [3.05, 3.63) is 123 Å². The summed E-state index contributed by atoms with van der Waals surface area (Å²) in [5.74, 6) is 19.6. The second-order valence-corrected chi connectivity index (χ2v) is 14.5. The Morgan fingerprint density at radius 1 is 0.417 bits per heavy atom. The van der Waals surface area contributed by atoms with Crippen molar-refractivity contribution in [3.63, 3.8) is 0 Å². The fourth-order valence-electron chi connectivity index (χ4n) is 5.37. The van der Waals surface area contributed by atoms with Crippen molar-refractivity contribution in [1.82, 2.24) is 0 Å². The molecule has 4 aromatic rings. The second-order valence-electron chi connectivity index (χ2n) is 14.5. The van der Waals surface area contributed by atoms with Gasteiger partial charge in [-0.05, 0) is 90.6 Å². The Hall–Kier alpha value is -6.63. The zero-order chi connectivity index (χ0) is 43.6. The fraction of sp³-hybridized carbons (Fsp3) is 0.353. The van der Waals surface area contributed by atoms with Gasteiger partial charge in [-0.2, -0.15) is 0 Å². The van der Waals surface area contributed by atoms with E-state index in [2.05, 4.69) is 35.5 Å². The number of carbonyl (C=O) groups is 3. The van der Waals surface area contributed by atoms with Gasteiger partial charge in [0.15, 0.2) is 17.2 Å². The molecular weight excluding hydrogens is 757 g/mol. The van der Waals surface area contributed by atoms with Crippen LogP contribution in [0.25, 0.3) is 0 Å². The Bertz CT molecular complexity index is 2010. The molecule has 0 radical (unpaired) electrons. The minimum atomic E-state index is -0.396. The third kappa shape index (κ3) is 12.7. The molecule has 0 saturated heterocycles. The zero-order valence-corrected chi connectivity index (χ0v) is 36.1. The quantitative estimate of drug-likeness (QED) is 0.0660. The van der Waals surface area contributed by atoms with Crippen molar-refractivity contribution in [2.24, 2.45) is 17.8 Å². The van der Waals surface area contributed by atoms with Gasteiger partial charge < -0.3 is 28.4 Å². The molecule has 0 amide bonds. The molecular formula is C51H54O9. The lowest BCUT2D eigenvalue weighted by Gasteiger charge is -2.17. The van der Waals surface area contributed by atoms with E-state index in [1.165, 1.54) is 21.3 Å². The van der Waals surface area contributed by atoms with Crippen LogP contribution in [0, 0.1) is 53.3 Å². The first-order chi connectivity index (χ1) is 29.0. The summed E-state index contributed by atoms with van der Waals surface area (Å²) in [5.41, 5.74) is 4.24. The van der Waals surface area contributed by atoms with Crippen LogP contribution in [0.2, 0.25) is 0 Å². The molecule has 0 bridgehead atoms. The SMILES string of the molecule is CC[C@H](C)COC(=O)c1ccc(C#Cc2c(OC)c(C#Cc3ccc(C(=O)OC[C@@H](C)CC)cc3)c(OC)c(C#Cc3ccc(C(=O)OC[C@@H](C)CC)cc3)c2OC)cc1. The van der Waals surface area contributed by atoms with Crippen molar-refractivity contribution in [1.29, 1.82) is 0 Å². The Balaban J connectivity index is 1.80. The largest absolute Gasteiger partial charge is 0.494 e. The van der Waals surface area contributed by atoms with Gasteiger partial charge in [-0.3, -0.25) is 0 Å². The molecule has 0 spiro atoms. The molecule has 4 rings (SSSR count). The van der Waals surface area contributed by atoms with Gasteiger partial charge >= 0.3 is 17.9 Å². The number of hydrogen-bond acceptors (Lipinski definition) is 9. The summed E-state index contributed by atoms with van der Waals surface area (Å²) in [4.78, 5) is 37.9. The molecule has 0 unspecified atom stereocenters. The van der Waals surface area contributed by atoms with Crippen molar-refractivity contribution >= 4 is 17.9 Å². The van der Waals surface area contributed by atoms with Gasteiger partial charge in [0.2, 0.25) is 0 Å². The Morgan fingerprint density at radius 3 is 0.850 bits per heavy atom. The summed E-state index contributed by atoms with van der Waals surface area (Å²) < 4.78 is 34.3. The van der Waals surface area contributed by atoms with Crippen LogP contribution in [0.3, 0.4) is 0 Å². The molecule has 0 fully saturated rings. The smallest absolute Gasteiger partial charge is 0.338 e. The van der Waals surface area contributed by atoms with Crippen molar-refractivity contribution in [3.8, 4) is 52.8 Å². The first kappa shape index (κ1) is 46.1. The first-order valence-electron chi connectivity index (χ1n) is 20.2. The van der Waals surface area contributed by atoms with E-state index in [1.807, 2.05) is 41.5 Å². The predicted molar refractivity (Wildman–Crippen MR) is 233 cm³/mol. The summed E-state index contributed by atoms with van der Waals surface area (Å²) in [6.07, 6.45) is 2.73. The summed E-state index contributed by atoms with van der Waals surface area (Å²) in [6.45, 7) is 13.3. The molecule has 0 aromatic heterocycles. The van der Waals surface area contributed by atoms with Gasteiger partial charge in [-0.25, -0.2) is 14.4 Å². The van der Waals surface area contributed by atoms with Crippen LogP contribution in [0.1, 0.15) is 125 Å². The highest BCUT2D eigenvalue weighted by Gasteiger charge is 2.25. The molecule has 0 N–H and O–H groups in total. The molecule has 9 nitrogen and oxygen atoms in total. The van der Waals surface area contributed by atoms with Gasteiger partial charge in [0, 0.05) is 16.7 Å². The average Bonchev–Trinajstić information content (AvgIpc) is 3.29. The highest BCUT2D eigenvalue weighted by molar-refractivity contribution is 5.90. The standard InChI is InChI=1S/C51H54O9/c1-10-34(4)31-58-49(52)40-22-13-37(14-23-40)19-28-43-46(55-7)44(29-20-38-15-24-41(25-16-38)50(53)59-32-35(5)11-2)48(57-9)45(47(43)56-8)30-21-39-17-26-42(27-18-39)51(54)60-33-36(6)12-3/h13-18,22-27,34-36H,10-12,31-33H2,1-9H3/t34-,35-,36-/m0/s1. The number of esters is 3. The van der Waals surface area contributed by atoms with E-state index >= 15 is 0 Å². The normalized spacial score (nSPS) is 11.8. The summed E-state index contributed by atoms with van der Waals surface area (Å²) in [6, 6.07) is 20.5. The lowest BCUT2D eigenvalue weighted by molar-refractivity contribution is 0.0438. The molecule has 312 valence electrons. The first-order valence-corrected chi connectivity index (χ1v) is 20.2. The Kier molecular flexibility index (Phi) is 17.7. The van der Waals surface area contributed by atoms with Gasteiger partial charge in [-0.15, -0.1) is 0 Å². The maximum atomic E-state index is 12.6. The summed E-state index contributed by atoms with van der Waals surface area (Å²) in [7, 11) is 4.51. The highest BCUT2D eigenvalue weighted by atomic mass is 16.5. The van der Waals surface area contributed by atoms with E-state index < -0.39 is 17.9 Å². The van der Waals surface area contributed by atoms with Crippen molar-refractivity contribution in [2.75, 3.05) is 41.2 Å². The number of methoxy groups -OCH3 is 3. The van der Waals surface area contributed by atoms with Gasteiger partial charge in [0.05, 0.1) is 57.8 Å². The van der Waals surface area contributed by atoms with E-state index in [0.717, 1.165) is 19.3 Å². The molecule has 3 atom stereocenters. The highest BCUT2D eigenvalue weighted by Crippen LogP contribution is 2.43. The predicted octanol–water partition coefficient (Wildman–Crippen LogP) is 9.52. The lowest BCUT2D eigenvalue weighted by atomic mass is 9.99. The minimum absolute atomic E-state index is 0.267.